The average Bonchev–Trinajstić information content (AvgIpc) is 3.23. The van der Waals surface area contributed by atoms with Crippen LogP contribution in [0.15, 0.2) is 48.5 Å². The molecule has 1 aliphatic heterocycles. The van der Waals surface area contributed by atoms with Gasteiger partial charge < -0.3 is 20.1 Å². The van der Waals surface area contributed by atoms with Crippen LogP contribution in [-0.4, -0.2) is 36.1 Å². The van der Waals surface area contributed by atoms with Gasteiger partial charge in [0.05, 0.1) is 31.0 Å². The molecular formula is C22H20ClF3N4O3. The van der Waals surface area contributed by atoms with E-state index in [4.69, 9.17) is 21.1 Å². The highest BCUT2D eigenvalue weighted by Gasteiger charge is 2.47. The van der Waals surface area contributed by atoms with Crippen molar-refractivity contribution in [3.8, 4) is 11.5 Å². The number of carbonyl (C=O) groups excluding carboxylic acids is 1. The number of hydrogen-bond donors (Lipinski definition) is 2. The van der Waals surface area contributed by atoms with Crippen LogP contribution in [0.4, 0.5) is 24.7 Å². The summed E-state index contributed by atoms with van der Waals surface area (Å²) < 4.78 is 53.1. The summed E-state index contributed by atoms with van der Waals surface area (Å²) in [5.41, 5.74) is 0.745. The van der Waals surface area contributed by atoms with Crippen LogP contribution in [0.25, 0.3) is 0 Å². The fourth-order valence-electron chi connectivity index (χ4n) is 3.72. The number of rotatable bonds is 5. The summed E-state index contributed by atoms with van der Waals surface area (Å²) in [6, 6.07) is 10.1. The topological polar surface area (TPSA) is 77.4 Å². The second-order valence-corrected chi connectivity index (χ2v) is 7.81. The van der Waals surface area contributed by atoms with Crippen molar-refractivity contribution in [2.24, 2.45) is 0 Å². The highest BCUT2D eigenvalue weighted by Crippen LogP contribution is 2.44. The number of halogens is 4. The molecule has 1 aliphatic rings. The van der Waals surface area contributed by atoms with Crippen LogP contribution in [0.3, 0.4) is 0 Å². The van der Waals surface area contributed by atoms with Crippen LogP contribution in [0.1, 0.15) is 34.6 Å². The van der Waals surface area contributed by atoms with Crippen molar-refractivity contribution < 1.29 is 27.4 Å². The molecule has 0 unspecified atom stereocenters. The Bertz CT molecular complexity index is 1180. The number of amides is 1. The third kappa shape index (κ3) is 4.56. The third-order valence-corrected chi connectivity index (χ3v) is 5.68. The summed E-state index contributed by atoms with van der Waals surface area (Å²) in [4.78, 5) is 12.7. The van der Waals surface area contributed by atoms with Gasteiger partial charge in [0.25, 0.3) is 5.91 Å². The van der Waals surface area contributed by atoms with Gasteiger partial charge in [-0.05, 0) is 29.8 Å². The highest BCUT2D eigenvalue weighted by molar-refractivity contribution is 6.33. The van der Waals surface area contributed by atoms with Crippen molar-refractivity contribution in [3.63, 3.8) is 0 Å². The lowest BCUT2D eigenvalue weighted by Gasteiger charge is -2.33. The molecule has 0 radical (unpaired) electrons. The number of alkyl halides is 3. The van der Waals surface area contributed by atoms with E-state index in [2.05, 4.69) is 15.7 Å². The van der Waals surface area contributed by atoms with Gasteiger partial charge in [-0.15, -0.1) is 0 Å². The average molecular weight is 481 g/mol. The third-order valence-electron chi connectivity index (χ3n) is 5.35. The molecule has 0 aliphatic carbocycles. The first-order valence-corrected chi connectivity index (χ1v) is 10.3. The van der Waals surface area contributed by atoms with E-state index in [0.29, 0.717) is 27.8 Å². The number of aromatic nitrogens is 2. The monoisotopic (exact) mass is 480 g/mol. The van der Waals surface area contributed by atoms with Crippen molar-refractivity contribution in [2.75, 3.05) is 24.9 Å². The molecule has 174 valence electrons. The first kappa shape index (κ1) is 22.8. The standard InChI is InChI=1S/C22H20ClF3N4O3/c1-32-17-8-7-12(9-18(17)33-2)15-10-19(22(24,25)26)30-20(27-15)11-16(29-30)21(31)28-14-6-4-3-5-13(14)23/h3-9,11,15,19,27H,10H2,1-2H3,(H,28,31)/t15-,19+/m0/s1. The molecule has 0 bridgehead atoms. The smallest absolute Gasteiger partial charge is 0.410 e. The number of fused-ring (bicyclic) bond motifs is 1. The van der Waals surface area contributed by atoms with Gasteiger partial charge in [-0.3, -0.25) is 4.79 Å². The lowest BCUT2D eigenvalue weighted by atomic mass is 9.96. The number of ether oxygens (including phenoxy) is 2. The molecule has 2 heterocycles. The molecule has 2 aromatic carbocycles. The van der Waals surface area contributed by atoms with Gasteiger partial charge in [-0.25, -0.2) is 4.68 Å². The molecule has 0 spiro atoms. The lowest BCUT2D eigenvalue weighted by Crippen LogP contribution is -2.35. The summed E-state index contributed by atoms with van der Waals surface area (Å²) in [7, 11) is 2.93. The van der Waals surface area contributed by atoms with Crippen molar-refractivity contribution in [2.45, 2.75) is 24.7 Å². The Morgan fingerprint density at radius 2 is 1.88 bits per heavy atom. The van der Waals surface area contributed by atoms with Gasteiger partial charge in [0.15, 0.2) is 23.2 Å². The number of benzene rings is 2. The van der Waals surface area contributed by atoms with Crippen molar-refractivity contribution in [1.82, 2.24) is 9.78 Å². The van der Waals surface area contributed by atoms with Gasteiger partial charge in [0.1, 0.15) is 5.82 Å². The molecule has 7 nitrogen and oxygen atoms in total. The lowest BCUT2D eigenvalue weighted by molar-refractivity contribution is -0.173. The van der Waals surface area contributed by atoms with Gasteiger partial charge >= 0.3 is 6.18 Å². The number of hydrogen-bond acceptors (Lipinski definition) is 5. The molecule has 33 heavy (non-hydrogen) atoms. The largest absolute Gasteiger partial charge is 0.493 e. The summed E-state index contributed by atoms with van der Waals surface area (Å²) in [5, 5.41) is 9.87. The van der Waals surface area contributed by atoms with E-state index in [-0.39, 0.29) is 17.9 Å². The van der Waals surface area contributed by atoms with Crippen LogP contribution in [0.2, 0.25) is 5.02 Å². The minimum atomic E-state index is -4.58. The zero-order valence-corrected chi connectivity index (χ0v) is 18.4. The van der Waals surface area contributed by atoms with E-state index in [1.165, 1.54) is 20.3 Å². The summed E-state index contributed by atoms with van der Waals surface area (Å²) in [5.74, 6) is 0.273. The predicted molar refractivity (Wildman–Crippen MR) is 117 cm³/mol. The molecule has 3 aromatic rings. The van der Waals surface area contributed by atoms with Crippen LogP contribution in [0.5, 0.6) is 11.5 Å². The van der Waals surface area contributed by atoms with Gasteiger partial charge in [-0.1, -0.05) is 29.8 Å². The Labute approximate surface area is 192 Å². The summed E-state index contributed by atoms with van der Waals surface area (Å²) in [6.07, 6.45) is -4.90. The van der Waals surface area contributed by atoms with Gasteiger partial charge in [0, 0.05) is 12.5 Å². The highest BCUT2D eigenvalue weighted by atomic mass is 35.5. The number of anilines is 2. The first-order chi connectivity index (χ1) is 15.7. The van der Waals surface area contributed by atoms with Crippen molar-refractivity contribution >= 4 is 29.0 Å². The van der Waals surface area contributed by atoms with Crippen LogP contribution in [-0.2, 0) is 0 Å². The Balaban J connectivity index is 1.66. The predicted octanol–water partition coefficient (Wildman–Crippen LogP) is 5.47. The number of methoxy groups -OCH3 is 2. The summed E-state index contributed by atoms with van der Waals surface area (Å²) >= 11 is 6.05. The molecule has 11 heteroatoms. The second kappa shape index (κ2) is 8.86. The molecule has 0 fully saturated rings. The minimum absolute atomic E-state index is 0.0765. The fourth-order valence-corrected chi connectivity index (χ4v) is 3.90. The van der Waals surface area contributed by atoms with E-state index in [1.54, 1.807) is 42.5 Å². The number of para-hydroxylation sites is 1. The number of carbonyl (C=O) groups is 1. The van der Waals surface area contributed by atoms with Gasteiger partial charge in [-0.2, -0.15) is 18.3 Å². The zero-order valence-electron chi connectivity index (χ0n) is 17.6. The molecular weight excluding hydrogens is 461 g/mol. The van der Waals surface area contributed by atoms with E-state index in [9.17, 15) is 18.0 Å². The van der Waals surface area contributed by atoms with Crippen LogP contribution >= 0.6 is 11.6 Å². The maximum atomic E-state index is 13.9. The van der Waals surface area contributed by atoms with Gasteiger partial charge in [0.2, 0.25) is 0 Å². The van der Waals surface area contributed by atoms with Crippen molar-refractivity contribution in [3.05, 3.63) is 64.8 Å². The zero-order chi connectivity index (χ0) is 23.8. The Morgan fingerprint density at radius 1 is 1.15 bits per heavy atom. The molecule has 2 atom stereocenters. The van der Waals surface area contributed by atoms with Crippen LogP contribution < -0.4 is 20.1 Å². The van der Waals surface area contributed by atoms with E-state index >= 15 is 0 Å². The van der Waals surface area contributed by atoms with E-state index in [1.807, 2.05) is 0 Å². The van der Waals surface area contributed by atoms with E-state index < -0.39 is 24.2 Å². The maximum Gasteiger partial charge on any atom is 0.410 e. The fraction of sp³-hybridized carbons (Fsp3) is 0.273. The molecule has 1 aromatic heterocycles. The molecule has 2 N–H and O–H groups in total. The normalized spacial score (nSPS) is 17.6. The Hall–Kier alpha value is -3.40. The summed E-state index contributed by atoms with van der Waals surface area (Å²) in [6.45, 7) is 0. The first-order valence-electron chi connectivity index (χ1n) is 9.92. The quantitative estimate of drug-likeness (QED) is 0.506. The molecule has 1 amide bonds. The number of nitrogens with one attached hydrogen (secondary N) is 2. The van der Waals surface area contributed by atoms with Crippen LogP contribution in [0, 0.1) is 0 Å². The molecule has 0 saturated carbocycles. The van der Waals surface area contributed by atoms with E-state index in [0.717, 1.165) is 4.68 Å². The minimum Gasteiger partial charge on any atom is -0.493 e. The Kier molecular flexibility index (Phi) is 6.11. The Morgan fingerprint density at radius 3 is 2.55 bits per heavy atom. The second-order valence-electron chi connectivity index (χ2n) is 7.40. The number of nitrogens with zero attached hydrogens (tertiary/aromatic N) is 2. The SMILES string of the molecule is COc1ccc([C@@H]2C[C@H](C(F)(F)F)n3nc(C(=O)Nc4ccccc4Cl)cc3N2)cc1OC. The molecule has 0 saturated heterocycles. The molecule has 4 rings (SSSR count). The van der Waals surface area contributed by atoms with Crippen molar-refractivity contribution in [1.29, 1.82) is 0 Å². The maximum absolute atomic E-state index is 13.9.